The number of benzene rings is 2. The van der Waals surface area contributed by atoms with E-state index in [0.717, 1.165) is 5.56 Å². The van der Waals surface area contributed by atoms with E-state index < -0.39 is 0 Å². The first kappa shape index (κ1) is 16.9. The van der Waals surface area contributed by atoms with Gasteiger partial charge in [0.1, 0.15) is 0 Å². The van der Waals surface area contributed by atoms with E-state index in [4.69, 9.17) is 0 Å². The summed E-state index contributed by atoms with van der Waals surface area (Å²) in [6, 6.07) is 16.3. The number of aliphatic hydroxyl groups excluding tert-OH is 1. The van der Waals surface area contributed by atoms with E-state index in [9.17, 15) is 14.7 Å². The molecule has 0 aliphatic rings. The summed E-state index contributed by atoms with van der Waals surface area (Å²) in [5, 5.41) is 19.9. The normalized spacial score (nSPS) is 12.0. The lowest BCUT2D eigenvalue weighted by Gasteiger charge is -2.16. The first-order chi connectivity index (χ1) is 12.2. The molecular weight excluding hydrogens is 318 g/mol. The van der Waals surface area contributed by atoms with E-state index in [2.05, 4.69) is 15.5 Å². The molecule has 0 radical (unpaired) electrons. The van der Waals surface area contributed by atoms with E-state index >= 15 is 0 Å². The summed E-state index contributed by atoms with van der Waals surface area (Å²) >= 11 is 0. The number of aliphatic hydroxyl groups is 1. The van der Waals surface area contributed by atoms with Gasteiger partial charge in [0.15, 0.2) is 0 Å². The third kappa shape index (κ3) is 4.10. The molecule has 1 amide bonds. The first-order valence-electron chi connectivity index (χ1n) is 8.08. The van der Waals surface area contributed by atoms with Crippen molar-refractivity contribution >= 4 is 16.7 Å². The molecule has 1 heterocycles. The van der Waals surface area contributed by atoms with E-state index in [1.54, 1.807) is 24.3 Å². The zero-order valence-corrected chi connectivity index (χ0v) is 13.6. The Labute approximate surface area is 144 Å². The smallest absolute Gasteiger partial charge is 0.272 e. The minimum absolute atomic E-state index is 0.0303. The standard InChI is InChI=1S/C19H19N3O3/c23-12-14(10-13-6-2-1-3-7-13)20-18(24)11-17-15-8-4-5-9-16(15)19(25)22-21-17/h1-9,14,23H,10-12H2,(H,20,24)(H,22,25)/t14-/m1/s1. The van der Waals surface area contributed by atoms with Crippen LogP contribution in [0.2, 0.25) is 0 Å². The molecule has 25 heavy (non-hydrogen) atoms. The molecule has 3 N–H and O–H groups in total. The van der Waals surface area contributed by atoms with Gasteiger partial charge in [0.25, 0.3) is 5.56 Å². The fourth-order valence-electron chi connectivity index (χ4n) is 2.80. The molecule has 6 heteroatoms. The van der Waals surface area contributed by atoms with Crippen molar-refractivity contribution in [2.24, 2.45) is 0 Å². The molecule has 0 unspecified atom stereocenters. The van der Waals surface area contributed by atoms with Gasteiger partial charge in [-0.05, 0) is 18.1 Å². The summed E-state index contributed by atoms with van der Waals surface area (Å²) in [5.41, 5.74) is 1.26. The molecule has 2 aromatic carbocycles. The van der Waals surface area contributed by atoms with Crippen LogP contribution < -0.4 is 10.9 Å². The van der Waals surface area contributed by atoms with Gasteiger partial charge in [0.2, 0.25) is 5.91 Å². The Morgan fingerprint density at radius 3 is 2.48 bits per heavy atom. The fraction of sp³-hybridized carbons (Fsp3) is 0.211. The average molecular weight is 337 g/mol. The maximum absolute atomic E-state index is 12.3. The van der Waals surface area contributed by atoms with Crippen LogP contribution in [0.4, 0.5) is 0 Å². The number of carbonyl (C=O) groups is 1. The number of amides is 1. The van der Waals surface area contributed by atoms with Crippen molar-refractivity contribution in [3.05, 3.63) is 76.2 Å². The average Bonchev–Trinajstić information content (AvgIpc) is 2.64. The molecular formula is C19H19N3O3. The molecule has 0 aliphatic heterocycles. The van der Waals surface area contributed by atoms with Crippen molar-refractivity contribution in [3.8, 4) is 0 Å². The Hall–Kier alpha value is -2.99. The molecule has 1 aromatic heterocycles. The lowest BCUT2D eigenvalue weighted by molar-refractivity contribution is -0.121. The Balaban J connectivity index is 1.72. The predicted octanol–water partition coefficient (Wildman–Crippen LogP) is 1.19. The van der Waals surface area contributed by atoms with Crippen molar-refractivity contribution in [1.82, 2.24) is 15.5 Å². The van der Waals surface area contributed by atoms with Crippen LogP contribution in [0.5, 0.6) is 0 Å². The highest BCUT2D eigenvalue weighted by atomic mass is 16.3. The molecule has 0 saturated heterocycles. The molecule has 128 valence electrons. The second-order valence-electron chi connectivity index (χ2n) is 5.86. The van der Waals surface area contributed by atoms with Gasteiger partial charge in [-0.25, -0.2) is 5.10 Å². The van der Waals surface area contributed by atoms with Crippen LogP contribution >= 0.6 is 0 Å². The maximum Gasteiger partial charge on any atom is 0.272 e. The number of hydrogen-bond acceptors (Lipinski definition) is 4. The second kappa shape index (κ2) is 7.72. The summed E-state index contributed by atoms with van der Waals surface area (Å²) in [7, 11) is 0. The van der Waals surface area contributed by atoms with Crippen LogP contribution in [-0.4, -0.2) is 33.9 Å². The van der Waals surface area contributed by atoms with Gasteiger partial charge in [0.05, 0.1) is 30.1 Å². The molecule has 0 saturated carbocycles. The fourth-order valence-corrected chi connectivity index (χ4v) is 2.80. The van der Waals surface area contributed by atoms with E-state index in [1.807, 2.05) is 30.3 Å². The van der Waals surface area contributed by atoms with E-state index in [-0.39, 0.29) is 30.5 Å². The van der Waals surface area contributed by atoms with Gasteiger partial charge in [-0.15, -0.1) is 0 Å². The summed E-state index contributed by atoms with van der Waals surface area (Å²) in [4.78, 5) is 24.1. The Morgan fingerprint density at radius 1 is 1.08 bits per heavy atom. The van der Waals surface area contributed by atoms with Gasteiger partial charge in [-0.1, -0.05) is 48.5 Å². The summed E-state index contributed by atoms with van der Waals surface area (Å²) in [6.45, 7) is -0.152. The number of hydrogen-bond donors (Lipinski definition) is 3. The molecule has 3 aromatic rings. The molecule has 0 bridgehead atoms. The lowest BCUT2D eigenvalue weighted by atomic mass is 10.1. The molecule has 1 atom stereocenters. The van der Waals surface area contributed by atoms with Crippen molar-refractivity contribution in [3.63, 3.8) is 0 Å². The second-order valence-corrected chi connectivity index (χ2v) is 5.86. The number of fused-ring (bicyclic) bond motifs is 1. The summed E-state index contributed by atoms with van der Waals surface area (Å²) < 4.78 is 0. The van der Waals surface area contributed by atoms with Gasteiger partial charge >= 0.3 is 0 Å². The predicted molar refractivity (Wildman–Crippen MR) is 95.2 cm³/mol. The number of nitrogens with one attached hydrogen (secondary N) is 2. The van der Waals surface area contributed by atoms with Gasteiger partial charge in [0, 0.05) is 5.39 Å². The molecule has 0 aliphatic carbocycles. The van der Waals surface area contributed by atoms with E-state index in [1.165, 1.54) is 0 Å². The van der Waals surface area contributed by atoms with Gasteiger partial charge in [-0.3, -0.25) is 9.59 Å². The minimum Gasteiger partial charge on any atom is -0.394 e. The Bertz CT molecular complexity index is 922. The summed E-state index contributed by atoms with van der Waals surface area (Å²) in [5.74, 6) is -0.250. The zero-order chi connectivity index (χ0) is 17.6. The SMILES string of the molecule is O=C(Cc1n[nH]c(=O)c2ccccc12)N[C@@H](CO)Cc1ccccc1. The quantitative estimate of drug-likeness (QED) is 0.629. The lowest BCUT2D eigenvalue weighted by Crippen LogP contribution is -2.40. The van der Waals surface area contributed by atoms with Gasteiger partial charge < -0.3 is 10.4 Å². The highest BCUT2D eigenvalue weighted by Crippen LogP contribution is 2.13. The van der Waals surface area contributed by atoms with Crippen molar-refractivity contribution in [1.29, 1.82) is 0 Å². The van der Waals surface area contributed by atoms with Crippen LogP contribution in [0.1, 0.15) is 11.3 Å². The highest BCUT2D eigenvalue weighted by Gasteiger charge is 2.15. The van der Waals surface area contributed by atoms with Crippen LogP contribution in [-0.2, 0) is 17.6 Å². The zero-order valence-electron chi connectivity index (χ0n) is 13.6. The number of carbonyl (C=O) groups excluding carboxylic acids is 1. The monoisotopic (exact) mass is 337 g/mol. The molecule has 3 rings (SSSR count). The Kier molecular flexibility index (Phi) is 5.20. The number of aromatic amines is 1. The molecule has 0 fully saturated rings. The third-order valence-corrected chi connectivity index (χ3v) is 4.01. The van der Waals surface area contributed by atoms with Crippen molar-refractivity contribution in [2.45, 2.75) is 18.9 Å². The van der Waals surface area contributed by atoms with Gasteiger partial charge in [-0.2, -0.15) is 5.10 Å². The Morgan fingerprint density at radius 2 is 1.76 bits per heavy atom. The minimum atomic E-state index is -0.371. The molecule has 6 nitrogen and oxygen atoms in total. The molecule has 0 spiro atoms. The summed E-state index contributed by atoms with van der Waals surface area (Å²) in [6.07, 6.45) is 0.575. The first-order valence-corrected chi connectivity index (χ1v) is 8.08. The number of H-pyrrole nitrogens is 1. The highest BCUT2D eigenvalue weighted by molar-refractivity contribution is 5.88. The number of aromatic nitrogens is 2. The van der Waals surface area contributed by atoms with E-state index in [0.29, 0.717) is 22.9 Å². The third-order valence-electron chi connectivity index (χ3n) is 4.01. The largest absolute Gasteiger partial charge is 0.394 e. The maximum atomic E-state index is 12.3. The topological polar surface area (TPSA) is 95.1 Å². The van der Waals surface area contributed by atoms with Crippen molar-refractivity contribution < 1.29 is 9.90 Å². The number of rotatable bonds is 6. The van der Waals surface area contributed by atoms with Crippen LogP contribution in [0.15, 0.2) is 59.4 Å². The number of nitrogens with zero attached hydrogens (tertiary/aromatic N) is 1. The van der Waals surface area contributed by atoms with Crippen molar-refractivity contribution in [2.75, 3.05) is 6.61 Å². The van der Waals surface area contributed by atoms with Crippen LogP contribution in [0, 0.1) is 0 Å². The van der Waals surface area contributed by atoms with Crippen LogP contribution in [0.25, 0.3) is 10.8 Å². The van der Waals surface area contributed by atoms with Crippen LogP contribution in [0.3, 0.4) is 0 Å².